The third kappa shape index (κ3) is 8.76. The monoisotopic (exact) mass is 515 g/mol. The van der Waals surface area contributed by atoms with Gasteiger partial charge in [-0.3, -0.25) is 4.79 Å². The zero-order valence-corrected chi connectivity index (χ0v) is 19.6. The number of nitrogens with zero attached hydrogens (tertiary/aromatic N) is 2. The Balaban J connectivity index is 0.00000300. The molecule has 0 saturated heterocycles. The molecule has 7 nitrogen and oxygen atoms in total. The van der Waals surface area contributed by atoms with E-state index in [1.54, 1.807) is 6.20 Å². The summed E-state index contributed by atoms with van der Waals surface area (Å²) >= 11 is 0. The number of aromatic nitrogens is 1. The molecule has 0 spiro atoms. The summed E-state index contributed by atoms with van der Waals surface area (Å²) in [5.74, 6) is 1.86. The molecule has 3 N–H and O–H groups in total. The predicted octanol–water partition coefficient (Wildman–Crippen LogP) is 2.99. The maximum atomic E-state index is 11.7. The topological polar surface area (TPSA) is 87.6 Å². The van der Waals surface area contributed by atoms with Crippen LogP contribution in [-0.2, 0) is 11.3 Å². The highest BCUT2D eigenvalue weighted by atomic mass is 127. The molecule has 1 aromatic heterocycles. The van der Waals surface area contributed by atoms with E-state index >= 15 is 0 Å². The van der Waals surface area contributed by atoms with Crippen LogP contribution in [0, 0.1) is 5.92 Å². The van der Waals surface area contributed by atoms with Crippen LogP contribution in [0.1, 0.15) is 57.4 Å². The molecule has 0 aliphatic heterocycles. The van der Waals surface area contributed by atoms with E-state index in [2.05, 4.69) is 25.9 Å². The zero-order valence-electron chi connectivity index (χ0n) is 17.3. The molecule has 0 unspecified atom stereocenters. The molecule has 0 bridgehead atoms. The average Bonchev–Trinajstić information content (AvgIpc) is 3.56. The summed E-state index contributed by atoms with van der Waals surface area (Å²) in [6, 6.07) is 3.95. The lowest BCUT2D eigenvalue weighted by molar-refractivity contribution is -0.122. The summed E-state index contributed by atoms with van der Waals surface area (Å²) in [5, 5.41) is 9.45. The zero-order chi connectivity index (χ0) is 19.6. The molecular formula is C21H34IN5O2. The van der Waals surface area contributed by atoms with Crippen LogP contribution in [0.5, 0.6) is 5.88 Å². The summed E-state index contributed by atoms with van der Waals surface area (Å²) in [6.45, 7) is 4.62. The molecule has 8 heteroatoms. The molecule has 0 aromatic carbocycles. The van der Waals surface area contributed by atoms with Gasteiger partial charge in [0.2, 0.25) is 11.8 Å². The van der Waals surface area contributed by atoms with E-state index in [1.807, 2.05) is 19.1 Å². The van der Waals surface area contributed by atoms with Crippen LogP contribution in [0.25, 0.3) is 0 Å². The van der Waals surface area contributed by atoms with Crippen molar-refractivity contribution in [3.8, 4) is 5.88 Å². The van der Waals surface area contributed by atoms with Gasteiger partial charge in [0.15, 0.2) is 5.96 Å². The van der Waals surface area contributed by atoms with Crippen molar-refractivity contribution in [2.45, 2.75) is 64.5 Å². The van der Waals surface area contributed by atoms with Gasteiger partial charge in [-0.25, -0.2) is 9.98 Å². The second-order valence-electron chi connectivity index (χ2n) is 7.57. The number of nitrogens with one attached hydrogen (secondary N) is 3. The van der Waals surface area contributed by atoms with Crippen LogP contribution in [0.3, 0.4) is 0 Å². The first kappa shape index (κ1) is 23.7. The van der Waals surface area contributed by atoms with Crippen LogP contribution >= 0.6 is 24.0 Å². The fourth-order valence-electron chi connectivity index (χ4n) is 3.34. The van der Waals surface area contributed by atoms with Crippen molar-refractivity contribution in [2.24, 2.45) is 10.9 Å². The highest BCUT2D eigenvalue weighted by molar-refractivity contribution is 14.0. The van der Waals surface area contributed by atoms with Crippen molar-refractivity contribution >= 4 is 35.8 Å². The Morgan fingerprint density at radius 1 is 1.14 bits per heavy atom. The molecule has 3 rings (SSSR count). The van der Waals surface area contributed by atoms with Crippen molar-refractivity contribution in [1.29, 1.82) is 0 Å². The van der Waals surface area contributed by atoms with Gasteiger partial charge in [0.25, 0.3) is 0 Å². The molecule has 1 heterocycles. The highest BCUT2D eigenvalue weighted by Gasteiger charge is 2.28. The Morgan fingerprint density at radius 2 is 1.90 bits per heavy atom. The SMILES string of the molecule is CCNC(=NCc1ccnc(OC2CCCCC2)c1)NCCNC(=O)C1CC1.I. The normalized spacial score (nSPS) is 17.2. The quantitative estimate of drug-likeness (QED) is 0.204. The molecule has 2 aliphatic rings. The maximum absolute atomic E-state index is 11.7. The second kappa shape index (κ2) is 12.9. The molecule has 2 saturated carbocycles. The largest absolute Gasteiger partial charge is 0.474 e. The number of rotatable bonds is 9. The van der Waals surface area contributed by atoms with E-state index < -0.39 is 0 Å². The van der Waals surface area contributed by atoms with Crippen LogP contribution in [0.15, 0.2) is 23.3 Å². The van der Waals surface area contributed by atoms with Gasteiger partial charge in [0.1, 0.15) is 6.10 Å². The Hall–Kier alpha value is -1.58. The van der Waals surface area contributed by atoms with Gasteiger partial charge in [-0.1, -0.05) is 6.42 Å². The lowest BCUT2D eigenvalue weighted by atomic mass is 9.98. The van der Waals surface area contributed by atoms with Crippen molar-refractivity contribution in [3.05, 3.63) is 23.9 Å². The minimum Gasteiger partial charge on any atom is -0.474 e. The molecular weight excluding hydrogens is 481 g/mol. The van der Waals surface area contributed by atoms with E-state index in [-0.39, 0.29) is 35.8 Å². The lowest BCUT2D eigenvalue weighted by Gasteiger charge is -2.22. The fourth-order valence-corrected chi connectivity index (χ4v) is 3.34. The summed E-state index contributed by atoms with van der Waals surface area (Å²) < 4.78 is 6.05. The van der Waals surface area contributed by atoms with E-state index in [1.165, 1.54) is 19.3 Å². The minimum absolute atomic E-state index is 0. The predicted molar refractivity (Wildman–Crippen MR) is 126 cm³/mol. The molecule has 0 atom stereocenters. The smallest absolute Gasteiger partial charge is 0.223 e. The van der Waals surface area contributed by atoms with Gasteiger partial charge >= 0.3 is 0 Å². The molecule has 2 fully saturated rings. The number of pyridine rings is 1. The Morgan fingerprint density at radius 3 is 2.62 bits per heavy atom. The van der Waals surface area contributed by atoms with Crippen LogP contribution < -0.4 is 20.7 Å². The number of carbonyl (C=O) groups excluding carboxylic acids is 1. The third-order valence-corrected chi connectivity index (χ3v) is 5.07. The van der Waals surface area contributed by atoms with Gasteiger partial charge in [0.05, 0.1) is 6.54 Å². The van der Waals surface area contributed by atoms with E-state index in [0.717, 1.165) is 43.8 Å². The Labute approximate surface area is 190 Å². The summed E-state index contributed by atoms with van der Waals surface area (Å²) in [6.07, 6.45) is 10.2. The van der Waals surface area contributed by atoms with E-state index in [0.29, 0.717) is 31.6 Å². The Kier molecular flexibility index (Phi) is 10.5. The minimum atomic E-state index is 0. The number of aliphatic imine (C=N–C) groups is 1. The maximum Gasteiger partial charge on any atom is 0.223 e. The van der Waals surface area contributed by atoms with Gasteiger partial charge in [-0.05, 0) is 57.1 Å². The van der Waals surface area contributed by atoms with Gasteiger partial charge < -0.3 is 20.7 Å². The van der Waals surface area contributed by atoms with Crippen LogP contribution in [0.4, 0.5) is 0 Å². The van der Waals surface area contributed by atoms with Gasteiger partial charge in [-0.15, -0.1) is 24.0 Å². The number of amides is 1. The van der Waals surface area contributed by atoms with Crippen molar-refractivity contribution < 1.29 is 9.53 Å². The second-order valence-corrected chi connectivity index (χ2v) is 7.57. The average molecular weight is 515 g/mol. The number of hydrogen-bond acceptors (Lipinski definition) is 4. The van der Waals surface area contributed by atoms with E-state index in [4.69, 9.17) is 4.74 Å². The molecule has 1 amide bonds. The number of hydrogen-bond donors (Lipinski definition) is 3. The Bertz CT molecular complexity index is 660. The standard InChI is InChI=1S/C21H33N5O2.HI/c1-2-22-21(25-13-12-24-20(27)17-8-9-17)26-15-16-10-11-23-19(14-16)28-18-6-4-3-5-7-18;/h10-11,14,17-18H,2-9,12-13,15H2,1H3,(H,24,27)(H2,22,25,26);1H. The summed E-state index contributed by atoms with van der Waals surface area (Å²) in [5.41, 5.74) is 1.07. The summed E-state index contributed by atoms with van der Waals surface area (Å²) in [4.78, 5) is 20.6. The van der Waals surface area contributed by atoms with Crippen molar-refractivity contribution in [3.63, 3.8) is 0 Å². The number of guanidine groups is 1. The lowest BCUT2D eigenvalue weighted by Crippen LogP contribution is -2.41. The number of carbonyl (C=O) groups is 1. The molecule has 2 aliphatic carbocycles. The first-order valence-electron chi connectivity index (χ1n) is 10.7. The van der Waals surface area contributed by atoms with Crippen LogP contribution in [-0.4, -0.2) is 42.6 Å². The first-order valence-corrected chi connectivity index (χ1v) is 10.7. The highest BCUT2D eigenvalue weighted by Crippen LogP contribution is 2.28. The number of halogens is 1. The molecule has 0 radical (unpaired) electrons. The molecule has 29 heavy (non-hydrogen) atoms. The first-order chi connectivity index (χ1) is 13.7. The van der Waals surface area contributed by atoms with Crippen LogP contribution in [0.2, 0.25) is 0 Å². The van der Waals surface area contributed by atoms with Crippen molar-refractivity contribution in [1.82, 2.24) is 20.9 Å². The van der Waals surface area contributed by atoms with E-state index in [9.17, 15) is 4.79 Å². The number of ether oxygens (including phenoxy) is 1. The molecule has 1 aromatic rings. The van der Waals surface area contributed by atoms with Gasteiger partial charge in [-0.2, -0.15) is 0 Å². The molecule has 162 valence electrons. The van der Waals surface area contributed by atoms with Crippen molar-refractivity contribution in [2.75, 3.05) is 19.6 Å². The third-order valence-electron chi connectivity index (χ3n) is 5.07. The fraction of sp³-hybridized carbons (Fsp3) is 0.667. The summed E-state index contributed by atoms with van der Waals surface area (Å²) in [7, 11) is 0. The van der Waals surface area contributed by atoms with Gasteiger partial charge in [0, 0.05) is 37.8 Å².